The summed E-state index contributed by atoms with van der Waals surface area (Å²) in [5, 5.41) is 10.5. The third-order valence-electron chi connectivity index (χ3n) is 6.45. The molecule has 1 heterocycles. The zero-order valence-corrected chi connectivity index (χ0v) is 20.9. The number of likely N-dealkylation sites (N-methyl/N-ethyl adjacent to an activating group) is 1. The van der Waals surface area contributed by atoms with E-state index in [0.29, 0.717) is 16.9 Å². The van der Waals surface area contributed by atoms with Crippen molar-refractivity contribution >= 4 is 23.0 Å². The minimum Gasteiger partial charge on any atom is -0.508 e. The molecule has 1 aliphatic heterocycles. The summed E-state index contributed by atoms with van der Waals surface area (Å²) in [6.45, 7) is 9.93. The van der Waals surface area contributed by atoms with Gasteiger partial charge in [-0.3, -0.25) is 4.99 Å². The Morgan fingerprint density at radius 1 is 1.00 bits per heavy atom. The molecule has 3 aromatic rings. The molecule has 3 nitrogen and oxygen atoms in total. The summed E-state index contributed by atoms with van der Waals surface area (Å²) in [5.41, 5.74) is 8.33. The van der Waals surface area contributed by atoms with E-state index in [2.05, 4.69) is 63.9 Å². The van der Waals surface area contributed by atoms with Crippen molar-refractivity contribution in [3.63, 3.8) is 0 Å². The standard InChI is InChI=1S/C29H33ClN2O/c1-18(2)25-8-6-7-21(28(25)19(3)4)15-23-17-32(5)27-14-11-22(30)16-26(27)29(31-23)20-9-12-24(33)13-10-20/h6-14,16,18-19,23,33H,15,17H2,1-5H3. The van der Waals surface area contributed by atoms with Crippen LogP contribution in [0.15, 0.2) is 65.7 Å². The molecule has 0 aromatic heterocycles. The van der Waals surface area contributed by atoms with Crippen molar-refractivity contribution in [2.75, 3.05) is 18.5 Å². The van der Waals surface area contributed by atoms with Crippen molar-refractivity contribution in [1.82, 2.24) is 0 Å². The van der Waals surface area contributed by atoms with Gasteiger partial charge in [0.2, 0.25) is 0 Å². The second kappa shape index (κ2) is 9.61. The third kappa shape index (κ3) is 4.94. The molecule has 0 aliphatic carbocycles. The number of aromatic hydroxyl groups is 1. The highest BCUT2D eigenvalue weighted by atomic mass is 35.5. The van der Waals surface area contributed by atoms with Gasteiger partial charge in [-0.15, -0.1) is 0 Å². The second-order valence-electron chi connectivity index (χ2n) is 9.65. The van der Waals surface area contributed by atoms with Crippen LogP contribution in [0.2, 0.25) is 5.02 Å². The molecular formula is C29H33ClN2O. The van der Waals surface area contributed by atoms with Crippen molar-refractivity contribution in [3.05, 3.63) is 93.5 Å². The molecule has 0 radical (unpaired) electrons. The van der Waals surface area contributed by atoms with Crippen LogP contribution >= 0.6 is 11.6 Å². The number of phenols is 1. The first-order valence-electron chi connectivity index (χ1n) is 11.7. The lowest BCUT2D eigenvalue weighted by atomic mass is 9.85. The van der Waals surface area contributed by atoms with Gasteiger partial charge in [-0.25, -0.2) is 0 Å². The molecule has 0 amide bonds. The molecule has 0 fully saturated rings. The van der Waals surface area contributed by atoms with Gasteiger partial charge >= 0.3 is 0 Å². The molecule has 1 atom stereocenters. The fourth-order valence-corrected chi connectivity index (χ4v) is 5.14. The number of anilines is 1. The molecule has 1 unspecified atom stereocenters. The number of benzodiazepines with no additional fused rings is 1. The normalized spacial score (nSPS) is 16.1. The summed E-state index contributed by atoms with van der Waals surface area (Å²) < 4.78 is 0. The number of aliphatic imine (C=N–C) groups is 1. The second-order valence-corrected chi connectivity index (χ2v) is 10.1. The highest BCUT2D eigenvalue weighted by Gasteiger charge is 2.25. The van der Waals surface area contributed by atoms with Gasteiger partial charge in [-0.1, -0.05) is 57.5 Å². The number of phenolic OH excluding ortho intramolecular Hbond substituents is 1. The summed E-state index contributed by atoms with van der Waals surface area (Å²) in [7, 11) is 2.13. The highest BCUT2D eigenvalue weighted by Crippen LogP contribution is 2.33. The van der Waals surface area contributed by atoms with E-state index in [1.54, 1.807) is 12.1 Å². The van der Waals surface area contributed by atoms with E-state index in [4.69, 9.17) is 16.6 Å². The SMILES string of the molecule is CC(C)c1cccc(CC2CN(C)c3ccc(Cl)cc3C(c3ccc(O)cc3)=N2)c1C(C)C. The summed E-state index contributed by atoms with van der Waals surface area (Å²) >= 11 is 6.41. The van der Waals surface area contributed by atoms with Gasteiger partial charge in [0, 0.05) is 35.4 Å². The molecule has 0 saturated heterocycles. The Labute approximate surface area is 202 Å². The number of hydrogen-bond donors (Lipinski definition) is 1. The fourth-order valence-electron chi connectivity index (χ4n) is 4.97. The van der Waals surface area contributed by atoms with E-state index in [1.165, 1.54) is 16.7 Å². The number of hydrogen-bond acceptors (Lipinski definition) is 3. The summed E-state index contributed by atoms with van der Waals surface area (Å²) in [5.74, 6) is 1.19. The first kappa shape index (κ1) is 23.4. The van der Waals surface area contributed by atoms with E-state index in [9.17, 15) is 5.11 Å². The maximum absolute atomic E-state index is 9.82. The van der Waals surface area contributed by atoms with Gasteiger partial charge in [-0.05, 0) is 77.4 Å². The van der Waals surface area contributed by atoms with Gasteiger partial charge < -0.3 is 10.0 Å². The maximum atomic E-state index is 9.82. The van der Waals surface area contributed by atoms with Crippen LogP contribution < -0.4 is 4.90 Å². The number of halogens is 1. The van der Waals surface area contributed by atoms with Crippen molar-refractivity contribution < 1.29 is 5.11 Å². The van der Waals surface area contributed by atoms with Gasteiger partial charge in [0.25, 0.3) is 0 Å². The predicted molar refractivity (Wildman–Crippen MR) is 141 cm³/mol. The number of benzene rings is 3. The first-order valence-corrected chi connectivity index (χ1v) is 12.1. The van der Waals surface area contributed by atoms with Crippen LogP contribution in [0, 0.1) is 0 Å². The van der Waals surface area contributed by atoms with Gasteiger partial charge in [0.15, 0.2) is 0 Å². The zero-order chi connectivity index (χ0) is 23.7. The molecular weight excluding hydrogens is 428 g/mol. The molecule has 1 N–H and O–H groups in total. The zero-order valence-electron chi connectivity index (χ0n) is 20.1. The largest absolute Gasteiger partial charge is 0.508 e. The topological polar surface area (TPSA) is 35.8 Å². The summed E-state index contributed by atoms with van der Waals surface area (Å²) in [6, 6.07) is 20.1. The lowest BCUT2D eigenvalue weighted by Crippen LogP contribution is -2.29. The minimum absolute atomic E-state index is 0.0879. The van der Waals surface area contributed by atoms with E-state index in [0.717, 1.165) is 35.5 Å². The number of fused-ring (bicyclic) bond motifs is 1. The van der Waals surface area contributed by atoms with E-state index in [1.807, 2.05) is 24.3 Å². The average molecular weight is 461 g/mol. The van der Waals surface area contributed by atoms with Crippen molar-refractivity contribution in [2.45, 2.75) is 52.0 Å². The van der Waals surface area contributed by atoms with Crippen LogP contribution in [0.1, 0.15) is 67.3 Å². The molecule has 172 valence electrons. The Morgan fingerprint density at radius 2 is 1.73 bits per heavy atom. The summed E-state index contributed by atoms with van der Waals surface area (Å²) in [4.78, 5) is 7.60. The van der Waals surface area contributed by atoms with Crippen LogP contribution in [0.25, 0.3) is 0 Å². The Balaban J connectivity index is 1.82. The highest BCUT2D eigenvalue weighted by molar-refractivity contribution is 6.31. The van der Waals surface area contributed by atoms with Crippen LogP contribution in [0.4, 0.5) is 5.69 Å². The monoisotopic (exact) mass is 460 g/mol. The van der Waals surface area contributed by atoms with Crippen molar-refractivity contribution in [1.29, 1.82) is 0 Å². The minimum atomic E-state index is 0.0879. The lowest BCUT2D eigenvalue weighted by molar-refractivity contribution is 0.475. The van der Waals surface area contributed by atoms with Gasteiger partial charge in [0.05, 0.1) is 11.8 Å². The predicted octanol–water partition coefficient (Wildman–Crippen LogP) is 7.19. The van der Waals surface area contributed by atoms with Gasteiger partial charge in [0.1, 0.15) is 5.75 Å². The summed E-state index contributed by atoms with van der Waals surface area (Å²) in [6.07, 6.45) is 0.877. The number of nitrogens with zero attached hydrogens (tertiary/aromatic N) is 2. The Hall–Kier alpha value is -2.78. The molecule has 0 spiro atoms. The molecule has 4 rings (SSSR count). The van der Waals surface area contributed by atoms with Crippen LogP contribution in [-0.2, 0) is 6.42 Å². The van der Waals surface area contributed by atoms with Crippen molar-refractivity contribution in [2.24, 2.45) is 4.99 Å². The molecule has 0 bridgehead atoms. The number of rotatable bonds is 5. The molecule has 3 aromatic carbocycles. The Bertz CT molecular complexity index is 1160. The van der Waals surface area contributed by atoms with Crippen LogP contribution in [-0.4, -0.2) is 30.5 Å². The maximum Gasteiger partial charge on any atom is 0.115 e. The van der Waals surface area contributed by atoms with Crippen LogP contribution in [0.3, 0.4) is 0 Å². The average Bonchev–Trinajstić information content (AvgIpc) is 2.90. The van der Waals surface area contributed by atoms with Gasteiger partial charge in [-0.2, -0.15) is 0 Å². The molecule has 33 heavy (non-hydrogen) atoms. The Morgan fingerprint density at radius 3 is 2.39 bits per heavy atom. The molecule has 4 heteroatoms. The molecule has 0 saturated carbocycles. The first-order chi connectivity index (χ1) is 15.7. The van der Waals surface area contributed by atoms with Crippen LogP contribution in [0.5, 0.6) is 5.75 Å². The van der Waals surface area contributed by atoms with E-state index in [-0.39, 0.29) is 11.8 Å². The molecule has 1 aliphatic rings. The fraction of sp³-hybridized carbons (Fsp3) is 0.345. The van der Waals surface area contributed by atoms with E-state index < -0.39 is 0 Å². The lowest BCUT2D eigenvalue weighted by Gasteiger charge is -2.25. The van der Waals surface area contributed by atoms with Crippen molar-refractivity contribution in [3.8, 4) is 5.75 Å². The van der Waals surface area contributed by atoms with E-state index >= 15 is 0 Å². The third-order valence-corrected chi connectivity index (χ3v) is 6.68. The quantitative estimate of drug-likeness (QED) is 0.437. The smallest absolute Gasteiger partial charge is 0.115 e. The Kier molecular flexibility index (Phi) is 6.81.